The van der Waals surface area contributed by atoms with Gasteiger partial charge >= 0.3 is 0 Å². The number of carbonyl (C=O) groups excluding carboxylic acids is 1. The minimum Gasteiger partial charge on any atom is -0.341 e. The summed E-state index contributed by atoms with van der Waals surface area (Å²) in [5, 5.41) is 12.1. The number of hydrogen-bond donors (Lipinski definition) is 1. The summed E-state index contributed by atoms with van der Waals surface area (Å²) in [5.41, 5.74) is 0. The van der Waals surface area contributed by atoms with E-state index in [0.717, 1.165) is 57.2 Å². The van der Waals surface area contributed by atoms with E-state index in [2.05, 4.69) is 33.9 Å². The molecule has 0 radical (unpaired) electrons. The molecule has 7 heteroatoms. The zero-order valence-electron chi connectivity index (χ0n) is 15.3. The SMILES string of the molecule is CC(C)[C@H](C(=O)N1CCC(c2nnc3n2CCNC3)CC1)N(C)C. The standard InChI is InChI=1S/C17H30N6O/c1-12(2)15(21(3)4)17(24)22-8-5-13(6-9-22)16-20-19-14-11-18-7-10-23(14)16/h12-13,15,18H,5-11H2,1-4H3/t15-/m1/s1. The van der Waals surface area contributed by atoms with Crippen LogP contribution in [0, 0.1) is 5.92 Å². The Morgan fingerprint density at radius 2 is 1.92 bits per heavy atom. The van der Waals surface area contributed by atoms with Gasteiger partial charge in [-0.3, -0.25) is 9.69 Å². The molecule has 0 saturated carbocycles. The van der Waals surface area contributed by atoms with Gasteiger partial charge in [0.25, 0.3) is 0 Å². The topological polar surface area (TPSA) is 66.3 Å². The van der Waals surface area contributed by atoms with Crippen LogP contribution in [-0.2, 0) is 17.9 Å². The highest BCUT2D eigenvalue weighted by Gasteiger charge is 2.33. The van der Waals surface area contributed by atoms with E-state index in [1.807, 2.05) is 23.9 Å². The van der Waals surface area contributed by atoms with Crippen molar-refractivity contribution in [3.63, 3.8) is 0 Å². The first-order valence-corrected chi connectivity index (χ1v) is 9.07. The van der Waals surface area contributed by atoms with Crippen molar-refractivity contribution in [3.8, 4) is 0 Å². The Morgan fingerprint density at radius 3 is 2.54 bits per heavy atom. The molecule has 7 nitrogen and oxygen atoms in total. The molecule has 1 saturated heterocycles. The molecule has 2 aliphatic heterocycles. The van der Waals surface area contributed by atoms with Gasteiger partial charge in [-0.1, -0.05) is 13.8 Å². The van der Waals surface area contributed by atoms with Gasteiger partial charge in [-0.05, 0) is 32.9 Å². The van der Waals surface area contributed by atoms with Gasteiger partial charge in [0.1, 0.15) is 11.6 Å². The molecule has 134 valence electrons. The van der Waals surface area contributed by atoms with Crippen molar-refractivity contribution in [1.82, 2.24) is 29.9 Å². The number of hydrogen-bond acceptors (Lipinski definition) is 5. The number of piperidine rings is 1. The molecule has 1 aromatic heterocycles. The Bertz CT molecular complexity index is 566. The van der Waals surface area contributed by atoms with Crippen molar-refractivity contribution >= 4 is 5.91 Å². The summed E-state index contributed by atoms with van der Waals surface area (Å²) in [6, 6.07) is -0.0338. The Hall–Kier alpha value is -1.47. The van der Waals surface area contributed by atoms with Crippen molar-refractivity contribution in [2.75, 3.05) is 33.7 Å². The van der Waals surface area contributed by atoms with E-state index in [-0.39, 0.29) is 11.9 Å². The normalized spacial score (nSPS) is 20.5. The van der Waals surface area contributed by atoms with Gasteiger partial charge in [0.2, 0.25) is 5.91 Å². The van der Waals surface area contributed by atoms with Gasteiger partial charge in [0.05, 0.1) is 12.6 Å². The monoisotopic (exact) mass is 334 g/mol. The summed E-state index contributed by atoms with van der Waals surface area (Å²) in [6.45, 7) is 8.62. The number of nitrogens with zero attached hydrogens (tertiary/aromatic N) is 5. The van der Waals surface area contributed by atoms with Crippen molar-refractivity contribution in [2.24, 2.45) is 5.92 Å². The fraction of sp³-hybridized carbons (Fsp3) is 0.824. The first-order valence-electron chi connectivity index (χ1n) is 9.07. The van der Waals surface area contributed by atoms with E-state index in [1.54, 1.807) is 0 Å². The largest absolute Gasteiger partial charge is 0.341 e. The van der Waals surface area contributed by atoms with Crippen LogP contribution < -0.4 is 5.32 Å². The average molecular weight is 334 g/mol. The molecular weight excluding hydrogens is 304 g/mol. The van der Waals surface area contributed by atoms with Crippen molar-refractivity contribution in [2.45, 2.75) is 51.7 Å². The van der Waals surface area contributed by atoms with Crippen LogP contribution in [0.3, 0.4) is 0 Å². The highest BCUT2D eigenvalue weighted by molar-refractivity contribution is 5.82. The second kappa shape index (κ2) is 7.19. The molecule has 0 bridgehead atoms. The van der Waals surface area contributed by atoms with E-state index >= 15 is 0 Å². The van der Waals surface area contributed by atoms with Gasteiger partial charge < -0.3 is 14.8 Å². The van der Waals surface area contributed by atoms with Crippen molar-refractivity contribution in [3.05, 3.63) is 11.6 Å². The quantitative estimate of drug-likeness (QED) is 0.877. The van der Waals surface area contributed by atoms with E-state index in [1.165, 1.54) is 0 Å². The Balaban J connectivity index is 1.63. The highest BCUT2D eigenvalue weighted by atomic mass is 16.2. The minimum atomic E-state index is -0.0338. The number of likely N-dealkylation sites (N-methyl/N-ethyl adjacent to an activating group) is 1. The molecule has 0 aliphatic carbocycles. The molecule has 0 aromatic carbocycles. The molecular formula is C17H30N6O. The van der Waals surface area contributed by atoms with Crippen LogP contribution >= 0.6 is 0 Å². The molecule has 3 heterocycles. The maximum Gasteiger partial charge on any atom is 0.240 e. The smallest absolute Gasteiger partial charge is 0.240 e. The highest BCUT2D eigenvalue weighted by Crippen LogP contribution is 2.28. The lowest BCUT2D eigenvalue weighted by Gasteiger charge is -2.37. The number of aromatic nitrogens is 3. The molecule has 0 unspecified atom stereocenters. The summed E-state index contributed by atoms with van der Waals surface area (Å²) in [4.78, 5) is 16.9. The zero-order valence-corrected chi connectivity index (χ0v) is 15.3. The second-order valence-corrected chi connectivity index (χ2v) is 7.55. The fourth-order valence-corrected chi connectivity index (χ4v) is 4.06. The first kappa shape index (κ1) is 17.4. The number of nitrogens with one attached hydrogen (secondary N) is 1. The molecule has 1 fully saturated rings. The van der Waals surface area contributed by atoms with Crippen molar-refractivity contribution < 1.29 is 4.79 Å². The number of fused-ring (bicyclic) bond motifs is 1. The van der Waals surface area contributed by atoms with E-state index in [4.69, 9.17) is 0 Å². The molecule has 2 aliphatic rings. The second-order valence-electron chi connectivity index (χ2n) is 7.55. The van der Waals surface area contributed by atoms with Gasteiger partial charge in [-0.15, -0.1) is 10.2 Å². The molecule has 1 N–H and O–H groups in total. The number of likely N-dealkylation sites (tertiary alicyclic amines) is 1. The van der Waals surface area contributed by atoms with Gasteiger partial charge in [0.15, 0.2) is 0 Å². The van der Waals surface area contributed by atoms with Gasteiger partial charge in [0, 0.05) is 32.1 Å². The maximum absolute atomic E-state index is 12.8. The lowest BCUT2D eigenvalue weighted by molar-refractivity contribution is -0.138. The zero-order chi connectivity index (χ0) is 17.3. The number of carbonyl (C=O) groups is 1. The summed E-state index contributed by atoms with van der Waals surface area (Å²) in [5.74, 6) is 3.17. The average Bonchev–Trinajstić information content (AvgIpc) is 2.98. The fourth-order valence-electron chi connectivity index (χ4n) is 4.06. The lowest BCUT2D eigenvalue weighted by Crippen LogP contribution is -2.50. The van der Waals surface area contributed by atoms with Crippen LogP contribution in [-0.4, -0.2) is 70.2 Å². The Labute approximate surface area is 144 Å². The molecule has 3 rings (SSSR count). The van der Waals surface area contributed by atoms with E-state index in [9.17, 15) is 4.79 Å². The van der Waals surface area contributed by atoms with Crippen LogP contribution in [0.1, 0.15) is 44.3 Å². The van der Waals surface area contributed by atoms with Crippen LogP contribution in [0.4, 0.5) is 0 Å². The predicted molar refractivity (Wildman–Crippen MR) is 92.6 cm³/mol. The van der Waals surface area contributed by atoms with Crippen LogP contribution in [0.2, 0.25) is 0 Å². The lowest BCUT2D eigenvalue weighted by atomic mass is 9.94. The third kappa shape index (κ3) is 3.32. The molecule has 24 heavy (non-hydrogen) atoms. The van der Waals surface area contributed by atoms with Crippen LogP contribution in [0.25, 0.3) is 0 Å². The molecule has 1 amide bonds. The Kier molecular flexibility index (Phi) is 5.20. The summed E-state index contributed by atoms with van der Waals surface area (Å²) in [7, 11) is 3.98. The van der Waals surface area contributed by atoms with Gasteiger partial charge in [-0.2, -0.15) is 0 Å². The summed E-state index contributed by atoms with van der Waals surface area (Å²) >= 11 is 0. The predicted octanol–water partition coefficient (Wildman–Crippen LogP) is 0.674. The van der Waals surface area contributed by atoms with E-state index in [0.29, 0.717) is 11.8 Å². The molecule has 0 spiro atoms. The molecule has 1 aromatic rings. The van der Waals surface area contributed by atoms with Gasteiger partial charge in [-0.25, -0.2) is 0 Å². The first-order chi connectivity index (χ1) is 11.5. The Morgan fingerprint density at radius 1 is 1.21 bits per heavy atom. The van der Waals surface area contributed by atoms with E-state index < -0.39 is 0 Å². The van der Waals surface area contributed by atoms with Crippen LogP contribution in [0.15, 0.2) is 0 Å². The molecule has 1 atom stereocenters. The third-order valence-electron chi connectivity index (χ3n) is 5.26. The number of rotatable bonds is 4. The van der Waals surface area contributed by atoms with Crippen LogP contribution in [0.5, 0.6) is 0 Å². The third-order valence-corrected chi connectivity index (χ3v) is 5.26. The summed E-state index contributed by atoms with van der Waals surface area (Å²) in [6.07, 6.45) is 1.96. The summed E-state index contributed by atoms with van der Waals surface area (Å²) < 4.78 is 2.27. The van der Waals surface area contributed by atoms with Crippen molar-refractivity contribution in [1.29, 1.82) is 0 Å². The minimum absolute atomic E-state index is 0.0338. The maximum atomic E-state index is 12.8. The number of amides is 1.